The van der Waals surface area contributed by atoms with E-state index in [2.05, 4.69) is 41.5 Å². The second-order valence-electron chi connectivity index (χ2n) is 9.20. The van der Waals surface area contributed by atoms with Crippen LogP contribution in [0.4, 0.5) is 0 Å². The number of para-hydroxylation sites is 1. The van der Waals surface area contributed by atoms with Crippen molar-refractivity contribution in [2.24, 2.45) is 16.2 Å². The van der Waals surface area contributed by atoms with Crippen LogP contribution in [0.2, 0.25) is 0 Å². The summed E-state index contributed by atoms with van der Waals surface area (Å²) < 4.78 is 11.0. The fourth-order valence-electron chi connectivity index (χ4n) is 2.79. The molecule has 0 aliphatic rings. The summed E-state index contributed by atoms with van der Waals surface area (Å²) in [5, 5.41) is 10.1. The number of esters is 1. The highest BCUT2D eigenvalue weighted by Crippen LogP contribution is 2.47. The predicted octanol–water partition coefficient (Wildman–Crippen LogP) is 4.46. The molecule has 0 fully saturated rings. The number of aliphatic hydroxyl groups is 1. The minimum Gasteiger partial charge on any atom is -0.491 e. The maximum Gasteiger partial charge on any atom is 0.312 e. The van der Waals surface area contributed by atoms with Crippen molar-refractivity contribution in [2.75, 3.05) is 13.2 Å². The number of benzene rings is 1. The van der Waals surface area contributed by atoms with Crippen molar-refractivity contribution in [3.8, 4) is 5.75 Å². The van der Waals surface area contributed by atoms with E-state index in [1.54, 1.807) is 0 Å². The summed E-state index contributed by atoms with van der Waals surface area (Å²) in [6.45, 7) is 14.5. The highest BCUT2D eigenvalue weighted by Gasteiger charge is 2.47. The van der Waals surface area contributed by atoms with Gasteiger partial charge in [0.15, 0.2) is 0 Å². The molecule has 0 radical (unpaired) electrons. The van der Waals surface area contributed by atoms with Gasteiger partial charge in [0, 0.05) is 0 Å². The van der Waals surface area contributed by atoms with Crippen LogP contribution < -0.4 is 4.74 Å². The Labute approximate surface area is 152 Å². The average molecular weight is 350 g/mol. The molecule has 1 N–H and O–H groups in total. The monoisotopic (exact) mass is 350 g/mol. The Kier molecular flexibility index (Phi) is 7.07. The van der Waals surface area contributed by atoms with E-state index in [0.717, 1.165) is 0 Å². The van der Waals surface area contributed by atoms with E-state index < -0.39 is 11.5 Å². The summed E-state index contributed by atoms with van der Waals surface area (Å²) in [7, 11) is 0. The van der Waals surface area contributed by atoms with Gasteiger partial charge in [-0.1, -0.05) is 59.7 Å². The molecule has 0 spiro atoms. The van der Waals surface area contributed by atoms with Crippen LogP contribution in [0.15, 0.2) is 30.3 Å². The van der Waals surface area contributed by atoms with Crippen LogP contribution in [0.25, 0.3) is 0 Å². The number of hydrogen-bond acceptors (Lipinski definition) is 4. The summed E-state index contributed by atoms with van der Waals surface area (Å²) >= 11 is 0. The third kappa shape index (κ3) is 6.69. The lowest BCUT2D eigenvalue weighted by Gasteiger charge is -2.43. The van der Waals surface area contributed by atoms with E-state index in [1.807, 2.05) is 37.3 Å². The molecular weight excluding hydrogens is 316 g/mol. The van der Waals surface area contributed by atoms with Crippen LogP contribution in [0.3, 0.4) is 0 Å². The average Bonchev–Trinajstić information content (AvgIpc) is 2.48. The lowest BCUT2D eigenvalue weighted by molar-refractivity contribution is -0.168. The normalized spacial score (nSPS) is 16.0. The topological polar surface area (TPSA) is 55.8 Å². The van der Waals surface area contributed by atoms with Gasteiger partial charge in [-0.25, -0.2) is 0 Å². The molecule has 0 heterocycles. The standard InChI is InChI=1S/C21H34O4/c1-19(2,3)15-21(7,20(4,5)6)18(23)25-14-16(22)13-24-17-11-9-8-10-12-17/h8-12,16,22H,13-15H2,1-7H3. The maximum atomic E-state index is 12.8. The van der Waals surface area contributed by atoms with Crippen molar-refractivity contribution >= 4 is 5.97 Å². The molecule has 0 bridgehead atoms. The van der Waals surface area contributed by atoms with Gasteiger partial charge >= 0.3 is 5.97 Å². The van der Waals surface area contributed by atoms with Gasteiger partial charge in [-0.05, 0) is 36.3 Å². The molecule has 1 aromatic rings. The number of carbonyl (C=O) groups is 1. The molecule has 0 saturated heterocycles. The van der Waals surface area contributed by atoms with E-state index in [4.69, 9.17) is 9.47 Å². The quantitative estimate of drug-likeness (QED) is 0.738. The largest absolute Gasteiger partial charge is 0.491 e. The maximum absolute atomic E-state index is 12.8. The molecule has 25 heavy (non-hydrogen) atoms. The van der Waals surface area contributed by atoms with E-state index in [1.165, 1.54) is 0 Å². The molecule has 4 nitrogen and oxygen atoms in total. The van der Waals surface area contributed by atoms with Crippen LogP contribution in [0.5, 0.6) is 5.75 Å². The first-order valence-corrected chi connectivity index (χ1v) is 8.88. The second-order valence-corrected chi connectivity index (χ2v) is 9.20. The Morgan fingerprint density at radius 1 is 1.00 bits per heavy atom. The molecule has 1 aromatic carbocycles. The minimum absolute atomic E-state index is 0.00388. The zero-order valence-corrected chi connectivity index (χ0v) is 16.8. The molecule has 4 heteroatoms. The van der Waals surface area contributed by atoms with Crippen molar-refractivity contribution in [1.29, 1.82) is 0 Å². The van der Waals surface area contributed by atoms with Gasteiger partial charge in [0.2, 0.25) is 0 Å². The Hall–Kier alpha value is -1.55. The van der Waals surface area contributed by atoms with Crippen molar-refractivity contribution in [3.63, 3.8) is 0 Å². The molecule has 0 aliphatic heterocycles. The van der Waals surface area contributed by atoms with Gasteiger partial charge in [-0.3, -0.25) is 4.79 Å². The molecule has 0 saturated carbocycles. The summed E-state index contributed by atoms with van der Waals surface area (Å²) in [5.74, 6) is 0.411. The first-order chi connectivity index (χ1) is 11.3. The molecule has 1 rings (SSSR count). The third-order valence-electron chi connectivity index (χ3n) is 4.58. The molecule has 2 unspecified atom stereocenters. The Bertz CT molecular complexity index is 539. The molecule has 0 aliphatic carbocycles. The van der Waals surface area contributed by atoms with E-state index in [9.17, 15) is 9.90 Å². The van der Waals surface area contributed by atoms with Crippen LogP contribution in [-0.4, -0.2) is 30.4 Å². The van der Waals surface area contributed by atoms with Crippen molar-refractivity contribution in [1.82, 2.24) is 0 Å². The third-order valence-corrected chi connectivity index (χ3v) is 4.58. The predicted molar refractivity (Wildman–Crippen MR) is 101 cm³/mol. The number of rotatable bonds is 7. The summed E-state index contributed by atoms with van der Waals surface area (Å²) in [5.41, 5.74) is -0.885. The SMILES string of the molecule is CC(C)(C)CC(C)(C(=O)OCC(O)COc1ccccc1)C(C)(C)C. The molecule has 0 amide bonds. The number of ether oxygens (including phenoxy) is 2. The second kappa shape index (κ2) is 8.22. The van der Waals surface area contributed by atoms with Gasteiger partial charge in [0.05, 0.1) is 5.41 Å². The van der Waals surface area contributed by atoms with Gasteiger partial charge in [0.1, 0.15) is 25.1 Å². The lowest BCUT2D eigenvalue weighted by Crippen LogP contribution is -2.45. The van der Waals surface area contributed by atoms with Crippen LogP contribution >= 0.6 is 0 Å². The number of hydrogen-bond donors (Lipinski definition) is 1. The van der Waals surface area contributed by atoms with Crippen molar-refractivity contribution in [3.05, 3.63) is 30.3 Å². The van der Waals surface area contributed by atoms with Crippen LogP contribution in [-0.2, 0) is 9.53 Å². The Morgan fingerprint density at radius 3 is 2.04 bits per heavy atom. The van der Waals surface area contributed by atoms with Gasteiger partial charge in [0.25, 0.3) is 0 Å². The fourth-order valence-corrected chi connectivity index (χ4v) is 2.79. The zero-order chi connectivity index (χ0) is 19.3. The highest BCUT2D eigenvalue weighted by atomic mass is 16.5. The molecule has 2 atom stereocenters. The van der Waals surface area contributed by atoms with Gasteiger partial charge in [-0.15, -0.1) is 0 Å². The van der Waals surface area contributed by atoms with Gasteiger partial charge in [-0.2, -0.15) is 0 Å². The molecule has 0 aromatic heterocycles. The van der Waals surface area contributed by atoms with Crippen LogP contribution in [0.1, 0.15) is 54.9 Å². The molecular formula is C21H34O4. The summed E-state index contributed by atoms with van der Waals surface area (Å²) in [6, 6.07) is 9.26. The lowest BCUT2D eigenvalue weighted by atomic mass is 9.61. The van der Waals surface area contributed by atoms with E-state index in [0.29, 0.717) is 12.2 Å². The van der Waals surface area contributed by atoms with Crippen LogP contribution in [0, 0.1) is 16.2 Å². The smallest absolute Gasteiger partial charge is 0.312 e. The zero-order valence-electron chi connectivity index (χ0n) is 16.8. The first kappa shape index (κ1) is 21.5. The van der Waals surface area contributed by atoms with E-state index >= 15 is 0 Å². The number of carbonyl (C=O) groups excluding carboxylic acids is 1. The summed E-state index contributed by atoms with van der Waals surface area (Å²) in [6.07, 6.45) is -0.151. The minimum atomic E-state index is -0.858. The van der Waals surface area contributed by atoms with E-state index in [-0.39, 0.29) is 30.0 Å². The Balaban J connectivity index is 2.62. The summed E-state index contributed by atoms with van der Waals surface area (Å²) in [4.78, 5) is 12.8. The fraction of sp³-hybridized carbons (Fsp3) is 0.667. The Morgan fingerprint density at radius 2 is 1.56 bits per heavy atom. The highest BCUT2D eigenvalue weighted by molar-refractivity contribution is 5.77. The first-order valence-electron chi connectivity index (χ1n) is 8.88. The van der Waals surface area contributed by atoms with Gasteiger partial charge < -0.3 is 14.6 Å². The molecule has 142 valence electrons. The van der Waals surface area contributed by atoms with Crippen molar-refractivity contribution in [2.45, 2.75) is 61.0 Å². The van der Waals surface area contributed by atoms with Crippen molar-refractivity contribution < 1.29 is 19.4 Å². The number of aliphatic hydroxyl groups excluding tert-OH is 1.